The standard InChI is InChI=1S/C22H30N4O5S/c1-6-24(7-2)19-12-9-18(10-13-19)15-23-22(27)17(4)25(32(5,30)31)21-14-20(26(28)29)11-8-16(21)3/h8-14,17H,6-7,15H2,1-5H3,(H,23,27)/t17-/m1/s1. The molecule has 0 saturated carbocycles. The Morgan fingerprint density at radius 3 is 2.22 bits per heavy atom. The minimum absolute atomic E-state index is 0.105. The molecule has 0 radical (unpaired) electrons. The summed E-state index contributed by atoms with van der Waals surface area (Å²) in [5, 5.41) is 13.9. The Labute approximate surface area is 189 Å². The first-order valence-corrected chi connectivity index (χ1v) is 12.2. The number of sulfonamides is 1. The lowest BCUT2D eigenvalue weighted by atomic mass is 10.1. The van der Waals surface area contributed by atoms with Crippen LogP contribution < -0.4 is 14.5 Å². The molecule has 0 aliphatic carbocycles. The maximum absolute atomic E-state index is 12.8. The fourth-order valence-electron chi connectivity index (χ4n) is 3.48. The van der Waals surface area contributed by atoms with Crippen molar-refractivity contribution in [1.82, 2.24) is 5.32 Å². The van der Waals surface area contributed by atoms with Gasteiger partial charge in [-0.3, -0.25) is 19.2 Å². The number of carbonyl (C=O) groups is 1. The van der Waals surface area contributed by atoms with Crippen molar-refractivity contribution in [3.05, 3.63) is 63.7 Å². The number of benzene rings is 2. The second-order valence-electron chi connectivity index (χ2n) is 7.52. The number of aryl methyl sites for hydroxylation is 1. The van der Waals surface area contributed by atoms with Crippen molar-refractivity contribution >= 4 is 33.0 Å². The van der Waals surface area contributed by atoms with Crippen molar-refractivity contribution in [2.75, 3.05) is 28.6 Å². The quantitative estimate of drug-likeness (QED) is 0.428. The molecule has 0 bridgehead atoms. The van der Waals surface area contributed by atoms with Crippen molar-refractivity contribution < 1.29 is 18.1 Å². The summed E-state index contributed by atoms with van der Waals surface area (Å²) in [4.78, 5) is 25.6. The summed E-state index contributed by atoms with van der Waals surface area (Å²) in [7, 11) is -3.89. The first-order chi connectivity index (χ1) is 15.0. The topological polar surface area (TPSA) is 113 Å². The lowest BCUT2D eigenvalue weighted by Crippen LogP contribution is -2.48. The third-order valence-corrected chi connectivity index (χ3v) is 6.49. The SMILES string of the molecule is CCN(CC)c1ccc(CNC(=O)[C@@H](C)N(c2cc([N+](=O)[O-])ccc2C)S(C)(=O)=O)cc1. The van der Waals surface area contributed by atoms with Crippen LogP contribution in [0.3, 0.4) is 0 Å². The highest BCUT2D eigenvalue weighted by molar-refractivity contribution is 7.92. The highest BCUT2D eigenvalue weighted by atomic mass is 32.2. The molecule has 1 atom stereocenters. The number of amides is 1. The Kier molecular flexibility index (Phi) is 8.20. The summed E-state index contributed by atoms with van der Waals surface area (Å²) in [5.74, 6) is -0.505. The Hall–Kier alpha value is -3.14. The number of nitrogens with one attached hydrogen (secondary N) is 1. The van der Waals surface area contributed by atoms with E-state index in [9.17, 15) is 23.3 Å². The third kappa shape index (κ3) is 5.97. The van der Waals surface area contributed by atoms with E-state index in [-0.39, 0.29) is 17.9 Å². The van der Waals surface area contributed by atoms with Crippen LogP contribution in [0.2, 0.25) is 0 Å². The lowest BCUT2D eigenvalue weighted by Gasteiger charge is -2.29. The van der Waals surface area contributed by atoms with Gasteiger partial charge in [-0.15, -0.1) is 0 Å². The van der Waals surface area contributed by atoms with Crippen LogP contribution in [-0.2, 0) is 21.4 Å². The van der Waals surface area contributed by atoms with Gasteiger partial charge in [0, 0.05) is 37.5 Å². The number of nitro groups is 1. The number of anilines is 2. The molecule has 32 heavy (non-hydrogen) atoms. The summed E-state index contributed by atoms with van der Waals surface area (Å²) >= 11 is 0. The summed E-state index contributed by atoms with van der Waals surface area (Å²) in [6.45, 7) is 9.26. The van der Waals surface area contributed by atoms with Crippen LogP contribution in [0.1, 0.15) is 31.9 Å². The maximum Gasteiger partial charge on any atom is 0.271 e. The van der Waals surface area contributed by atoms with Crippen LogP contribution in [0, 0.1) is 17.0 Å². The molecule has 1 N–H and O–H groups in total. The Morgan fingerprint density at radius 2 is 1.72 bits per heavy atom. The molecule has 9 nitrogen and oxygen atoms in total. The number of hydrogen-bond donors (Lipinski definition) is 1. The highest BCUT2D eigenvalue weighted by Crippen LogP contribution is 2.29. The number of nitro benzene ring substituents is 1. The zero-order valence-electron chi connectivity index (χ0n) is 19.0. The number of non-ortho nitro benzene ring substituents is 1. The molecule has 0 heterocycles. The normalized spacial score (nSPS) is 12.2. The van der Waals surface area contributed by atoms with Gasteiger partial charge in [0.15, 0.2) is 0 Å². The first kappa shape index (κ1) is 25.1. The van der Waals surface area contributed by atoms with Crippen LogP contribution >= 0.6 is 0 Å². The van der Waals surface area contributed by atoms with Gasteiger partial charge in [0.1, 0.15) is 6.04 Å². The summed E-state index contributed by atoms with van der Waals surface area (Å²) in [5.41, 5.74) is 2.32. The van der Waals surface area contributed by atoms with E-state index in [0.717, 1.165) is 34.9 Å². The Bertz CT molecular complexity index is 1070. The molecule has 1 amide bonds. The summed E-state index contributed by atoms with van der Waals surface area (Å²) in [6.07, 6.45) is 0.973. The van der Waals surface area contributed by atoms with E-state index in [1.54, 1.807) is 6.92 Å². The highest BCUT2D eigenvalue weighted by Gasteiger charge is 2.31. The average Bonchev–Trinajstić information content (AvgIpc) is 2.74. The minimum atomic E-state index is -3.89. The fraction of sp³-hybridized carbons (Fsp3) is 0.409. The van der Waals surface area contributed by atoms with Crippen molar-refractivity contribution in [1.29, 1.82) is 0 Å². The summed E-state index contributed by atoms with van der Waals surface area (Å²) in [6, 6.07) is 10.6. The number of rotatable bonds is 10. The fourth-order valence-corrected chi connectivity index (χ4v) is 4.70. The van der Waals surface area contributed by atoms with Crippen LogP contribution in [0.15, 0.2) is 42.5 Å². The molecule has 0 unspecified atom stereocenters. The molecule has 2 rings (SSSR count). The zero-order chi connectivity index (χ0) is 24.1. The summed E-state index contributed by atoms with van der Waals surface area (Å²) < 4.78 is 26.0. The van der Waals surface area contributed by atoms with Gasteiger partial charge in [-0.1, -0.05) is 18.2 Å². The molecular formula is C22H30N4O5S. The van der Waals surface area contributed by atoms with Crippen molar-refractivity contribution in [3.63, 3.8) is 0 Å². The Morgan fingerprint density at radius 1 is 1.12 bits per heavy atom. The van der Waals surface area contributed by atoms with E-state index in [4.69, 9.17) is 0 Å². The van der Waals surface area contributed by atoms with E-state index in [2.05, 4.69) is 24.1 Å². The molecule has 0 aliphatic heterocycles. The van der Waals surface area contributed by atoms with Gasteiger partial charge in [-0.05, 0) is 51.0 Å². The average molecular weight is 463 g/mol. The van der Waals surface area contributed by atoms with E-state index < -0.39 is 26.9 Å². The predicted molar refractivity (Wildman–Crippen MR) is 126 cm³/mol. The van der Waals surface area contributed by atoms with Crippen LogP contribution in [0.5, 0.6) is 0 Å². The molecule has 0 spiro atoms. The van der Waals surface area contributed by atoms with Gasteiger partial charge in [0.2, 0.25) is 15.9 Å². The molecule has 2 aromatic rings. The van der Waals surface area contributed by atoms with Gasteiger partial charge in [0.05, 0.1) is 16.9 Å². The second kappa shape index (κ2) is 10.4. The second-order valence-corrected chi connectivity index (χ2v) is 9.38. The minimum Gasteiger partial charge on any atom is -0.372 e. The molecule has 10 heteroatoms. The number of hydrogen-bond acceptors (Lipinski definition) is 6. The van der Waals surface area contributed by atoms with Gasteiger partial charge < -0.3 is 10.2 Å². The molecule has 0 aliphatic rings. The molecule has 0 aromatic heterocycles. The van der Waals surface area contributed by atoms with Gasteiger partial charge in [-0.25, -0.2) is 8.42 Å². The predicted octanol–water partition coefficient (Wildman–Crippen LogP) is 3.22. The van der Waals surface area contributed by atoms with Gasteiger partial charge in [0.25, 0.3) is 5.69 Å². The van der Waals surface area contributed by atoms with E-state index >= 15 is 0 Å². The van der Waals surface area contributed by atoms with Crippen LogP contribution in [0.4, 0.5) is 17.1 Å². The molecular weight excluding hydrogens is 432 g/mol. The van der Waals surface area contributed by atoms with Crippen molar-refractivity contribution in [2.24, 2.45) is 0 Å². The Balaban J connectivity index is 2.21. The smallest absolute Gasteiger partial charge is 0.271 e. The van der Waals surface area contributed by atoms with Gasteiger partial charge >= 0.3 is 0 Å². The van der Waals surface area contributed by atoms with Crippen molar-refractivity contribution in [2.45, 2.75) is 40.3 Å². The number of nitrogens with zero attached hydrogens (tertiary/aromatic N) is 3. The van der Waals surface area contributed by atoms with Crippen molar-refractivity contribution in [3.8, 4) is 0 Å². The monoisotopic (exact) mass is 462 g/mol. The lowest BCUT2D eigenvalue weighted by molar-refractivity contribution is -0.384. The largest absolute Gasteiger partial charge is 0.372 e. The van der Waals surface area contributed by atoms with Crippen LogP contribution in [0.25, 0.3) is 0 Å². The van der Waals surface area contributed by atoms with Gasteiger partial charge in [-0.2, -0.15) is 0 Å². The number of carbonyl (C=O) groups excluding carboxylic acids is 1. The molecule has 0 saturated heterocycles. The third-order valence-electron chi connectivity index (χ3n) is 5.26. The molecule has 174 valence electrons. The van der Waals surface area contributed by atoms with Crippen LogP contribution in [-0.4, -0.2) is 44.6 Å². The van der Waals surface area contributed by atoms with E-state index in [1.165, 1.54) is 25.1 Å². The maximum atomic E-state index is 12.8. The van der Waals surface area contributed by atoms with E-state index in [0.29, 0.717) is 5.56 Å². The zero-order valence-corrected chi connectivity index (χ0v) is 19.8. The molecule has 0 fully saturated rings. The first-order valence-electron chi connectivity index (χ1n) is 10.4. The molecule has 2 aromatic carbocycles. The van der Waals surface area contributed by atoms with E-state index in [1.807, 2.05) is 24.3 Å².